The Morgan fingerprint density at radius 2 is 2.31 bits per heavy atom. The zero-order chi connectivity index (χ0) is 9.90. The molecule has 0 aromatic carbocycles. The highest BCUT2D eigenvalue weighted by molar-refractivity contribution is 5.76. The molecular formula is C11H17O2+. The van der Waals surface area contributed by atoms with E-state index in [1.165, 1.54) is 7.11 Å². The van der Waals surface area contributed by atoms with Gasteiger partial charge >= 0.3 is 5.97 Å². The molecule has 1 aliphatic carbocycles. The first-order valence-corrected chi connectivity index (χ1v) is 4.65. The van der Waals surface area contributed by atoms with Crippen LogP contribution in [0.1, 0.15) is 26.7 Å². The van der Waals surface area contributed by atoms with Crippen molar-refractivity contribution in [3.05, 3.63) is 18.6 Å². The van der Waals surface area contributed by atoms with Crippen LogP contribution in [0.15, 0.2) is 12.2 Å². The van der Waals surface area contributed by atoms with Crippen molar-refractivity contribution in [1.29, 1.82) is 0 Å². The third kappa shape index (κ3) is 2.06. The second-order valence-electron chi connectivity index (χ2n) is 4.05. The standard InChI is InChI=1S/C11H17O2/c1-11(2,10(12)13-3)9-7-5-4-6-8-9/h4-6,9H,7-8H2,1-3H3/q+1. The Balaban J connectivity index is 2.67. The van der Waals surface area contributed by atoms with E-state index in [4.69, 9.17) is 4.74 Å². The third-order valence-electron chi connectivity index (χ3n) is 2.85. The Bertz CT molecular complexity index is 216. The van der Waals surface area contributed by atoms with Gasteiger partial charge in [0.05, 0.1) is 18.6 Å². The summed E-state index contributed by atoms with van der Waals surface area (Å²) < 4.78 is 4.79. The second kappa shape index (κ2) is 3.86. The molecule has 0 N–H and O–H groups in total. The van der Waals surface area contributed by atoms with E-state index in [0.717, 1.165) is 12.8 Å². The summed E-state index contributed by atoms with van der Waals surface area (Å²) in [6.07, 6.45) is 8.22. The lowest BCUT2D eigenvalue weighted by atomic mass is 9.73. The van der Waals surface area contributed by atoms with Gasteiger partial charge in [0.1, 0.15) is 0 Å². The molecule has 0 bridgehead atoms. The molecule has 1 unspecified atom stereocenters. The van der Waals surface area contributed by atoms with Gasteiger partial charge < -0.3 is 4.74 Å². The number of ether oxygens (including phenoxy) is 1. The van der Waals surface area contributed by atoms with Crippen molar-refractivity contribution in [2.75, 3.05) is 7.11 Å². The summed E-state index contributed by atoms with van der Waals surface area (Å²) in [5.41, 5.74) is -0.365. The predicted molar refractivity (Wildman–Crippen MR) is 52.0 cm³/mol. The highest BCUT2D eigenvalue weighted by atomic mass is 16.5. The van der Waals surface area contributed by atoms with Gasteiger partial charge in [0, 0.05) is 31.3 Å². The van der Waals surface area contributed by atoms with Crippen LogP contribution in [0.3, 0.4) is 0 Å². The van der Waals surface area contributed by atoms with Gasteiger partial charge in [-0.2, -0.15) is 0 Å². The fourth-order valence-electron chi connectivity index (χ4n) is 1.70. The van der Waals surface area contributed by atoms with E-state index in [1.807, 2.05) is 13.8 Å². The van der Waals surface area contributed by atoms with E-state index < -0.39 is 0 Å². The molecule has 0 aromatic heterocycles. The smallest absolute Gasteiger partial charge is 0.311 e. The normalized spacial score (nSPS) is 22.2. The molecule has 0 aliphatic heterocycles. The Hall–Kier alpha value is -0.920. The van der Waals surface area contributed by atoms with Crippen molar-refractivity contribution in [3.8, 4) is 0 Å². The molecule has 0 fully saturated rings. The summed E-state index contributed by atoms with van der Waals surface area (Å²) in [7, 11) is 1.45. The monoisotopic (exact) mass is 181 g/mol. The average molecular weight is 181 g/mol. The van der Waals surface area contributed by atoms with Gasteiger partial charge in [0.15, 0.2) is 0 Å². The number of allylic oxidation sites excluding steroid dienone is 2. The fraction of sp³-hybridized carbons (Fsp3) is 0.636. The lowest BCUT2D eigenvalue weighted by Crippen LogP contribution is -2.34. The molecule has 1 aliphatic rings. The maximum absolute atomic E-state index is 11.5. The molecule has 1 atom stereocenters. The zero-order valence-corrected chi connectivity index (χ0v) is 8.54. The first kappa shape index (κ1) is 10.2. The van der Waals surface area contributed by atoms with E-state index >= 15 is 0 Å². The number of esters is 1. The molecule has 2 nitrogen and oxygen atoms in total. The molecule has 0 saturated carbocycles. The summed E-state index contributed by atoms with van der Waals surface area (Å²) in [6.45, 7) is 3.91. The van der Waals surface area contributed by atoms with Crippen LogP contribution in [0.2, 0.25) is 0 Å². The van der Waals surface area contributed by atoms with Crippen LogP contribution in [0.4, 0.5) is 0 Å². The molecule has 13 heavy (non-hydrogen) atoms. The lowest BCUT2D eigenvalue weighted by molar-refractivity contribution is -0.154. The van der Waals surface area contributed by atoms with Crippen molar-refractivity contribution < 1.29 is 9.53 Å². The van der Waals surface area contributed by atoms with Gasteiger partial charge in [0.25, 0.3) is 0 Å². The minimum atomic E-state index is -0.365. The van der Waals surface area contributed by atoms with Crippen LogP contribution in [0.25, 0.3) is 0 Å². The minimum Gasteiger partial charge on any atom is -0.469 e. The Labute approximate surface area is 80.0 Å². The van der Waals surface area contributed by atoms with Gasteiger partial charge in [0.2, 0.25) is 0 Å². The number of rotatable bonds is 2. The first-order chi connectivity index (χ1) is 6.09. The van der Waals surface area contributed by atoms with E-state index in [-0.39, 0.29) is 11.4 Å². The summed E-state index contributed by atoms with van der Waals surface area (Å²) in [5.74, 6) is 0.270. The summed E-state index contributed by atoms with van der Waals surface area (Å²) in [5, 5.41) is 0. The molecular weight excluding hydrogens is 164 g/mol. The lowest BCUT2D eigenvalue weighted by Gasteiger charge is -2.29. The van der Waals surface area contributed by atoms with Crippen LogP contribution in [-0.4, -0.2) is 13.1 Å². The van der Waals surface area contributed by atoms with Crippen LogP contribution in [-0.2, 0) is 9.53 Å². The van der Waals surface area contributed by atoms with Gasteiger partial charge in [-0.25, -0.2) is 0 Å². The number of hydrogen-bond acceptors (Lipinski definition) is 2. The fourth-order valence-corrected chi connectivity index (χ4v) is 1.70. The van der Waals surface area contributed by atoms with Crippen LogP contribution in [0.5, 0.6) is 0 Å². The van der Waals surface area contributed by atoms with Crippen LogP contribution >= 0.6 is 0 Å². The molecule has 0 amide bonds. The van der Waals surface area contributed by atoms with E-state index in [1.54, 1.807) is 0 Å². The molecule has 0 spiro atoms. The van der Waals surface area contributed by atoms with E-state index in [0.29, 0.717) is 5.92 Å². The minimum absolute atomic E-state index is 0.110. The highest BCUT2D eigenvalue weighted by Crippen LogP contribution is 2.36. The van der Waals surface area contributed by atoms with Gasteiger partial charge in [-0.3, -0.25) is 4.79 Å². The number of hydrogen-bond donors (Lipinski definition) is 0. The Morgan fingerprint density at radius 1 is 1.62 bits per heavy atom. The van der Waals surface area contributed by atoms with E-state index in [9.17, 15) is 4.79 Å². The highest BCUT2D eigenvalue weighted by Gasteiger charge is 2.39. The summed E-state index contributed by atoms with van der Waals surface area (Å²) >= 11 is 0. The molecule has 0 heterocycles. The van der Waals surface area contributed by atoms with Crippen molar-refractivity contribution in [1.82, 2.24) is 0 Å². The van der Waals surface area contributed by atoms with Crippen molar-refractivity contribution in [2.45, 2.75) is 26.7 Å². The number of carbonyl (C=O) groups is 1. The maximum Gasteiger partial charge on any atom is 0.311 e. The molecule has 72 valence electrons. The summed E-state index contributed by atoms with van der Waals surface area (Å²) in [4.78, 5) is 11.5. The van der Waals surface area contributed by atoms with Crippen molar-refractivity contribution in [2.24, 2.45) is 11.3 Å². The zero-order valence-electron chi connectivity index (χ0n) is 8.54. The van der Waals surface area contributed by atoms with Gasteiger partial charge in [-0.1, -0.05) is 0 Å². The van der Waals surface area contributed by atoms with Crippen molar-refractivity contribution >= 4 is 5.97 Å². The topological polar surface area (TPSA) is 26.3 Å². The van der Waals surface area contributed by atoms with E-state index in [2.05, 4.69) is 18.6 Å². The largest absolute Gasteiger partial charge is 0.469 e. The van der Waals surface area contributed by atoms with Gasteiger partial charge in [-0.15, -0.1) is 0 Å². The van der Waals surface area contributed by atoms with Crippen LogP contribution < -0.4 is 0 Å². The molecule has 0 saturated heterocycles. The summed E-state index contributed by atoms with van der Waals surface area (Å²) in [6, 6.07) is 0. The van der Waals surface area contributed by atoms with Crippen molar-refractivity contribution in [3.63, 3.8) is 0 Å². The average Bonchev–Trinajstić information content (AvgIpc) is 2.18. The SMILES string of the molecule is COC(=O)C(C)(C)C1CC=C[CH+]C1. The van der Waals surface area contributed by atoms with Crippen LogP contribution in [0, 0.1) is 17.8 Å². The predicted octanol–water partition coefficient (Wildman–Crippen LogP) is 2.36. The molecule has 2 heteroatoms. The third-order valence-corrected chi connectivity index (χ3v) is 2.85. The molecule has 0 radical (unpaired) electrons. The Morgan fingerprint density at radius 3 is 2.77 bits per heavy atom. The molecule has 1 rings (SSSR count). The maximum atomic E-state index is 11.5. The number of carbonyl (C=O) groups excluding carboxylic acids is 1. The molecule has 0 aromatic rings. The second-order valence-corrected chi connectivity index (χ2v) is 4.05. The first-order valence-electron chi connectivity index (χ1n) is 4.65. The van der Waals surface area contributed by atoms with Gasteiger partial charge in [-0.05, 0) is 13.8 Å². The quantitative estimate of drug-likeness (QED) is 0.483. The Kier molecular flexibility index (Phi) is 3.02. The number of methoxy groups -OCH3 is 1.